The minimum atomic E-state index is -0.659. The number of ketones is 1. The highest BCUT2D eigenvalue weighted by atomic mass is 16.5. The predicted octanol–water partition coefficient (Wildman–Crippen LogP) is 3.57. The second-order valence-corrected chi connectivity index (χ2v) is 9.00. The Labute approximate surface area is 200 Å². The van der Waals surface area contributed by atoms with Crippen molar-refractivity contribution in [3.63, 3.8) is 0 Å². The summed E-state index contributed by atoms with van der Waals surface area (Å²) in [6, 6.07) is 14.1. The van der Waals surface area contributed by atoms with Gasteiger partial charge in [-0.3, -0.25) is 14.5 Å². The molecular formula is C27H32N2O5. The number of amides is 1. The van der Waals surface area contributed by atoms with Gasteiger partial charge in [0.15, 0.2) is 0 Å². The maximum atomic E-state index is 13.2. The van der Waals surface area contributed by atoms with E-state index in [1.165, 1.54) is 5.56 Å². The largest absolute Gasteiger partial charge is 0.507 e. The molecule has 1 amide bonds. The highest BCUT2D eigenvalue weighted by molar-refractivity contribution is 6.46. The monoisotopic (exact) mass is 464 g/mol. The van der Waals surface area contributed by atoms with Crippen molar-refractivity contribution in [2.45, 2.75) is 25.8 Å². The molecule has 2 aliphatic heterocycles. The van der Waals surface area contributed by atoms with Gasteiger partial charge in [0.1, 0.15) is 11.5 Å². The van der Waals surface area contributed by atoms with Gasteiger partial charge in [0.25, 0.3) is 11.7 Å². The molecular weight excluding hydrogens is 432 g/mol. The van der Waals surface area contributed by atoms with Crippen molar-refractivity contribution in [1.29, 1.82) is 0 Å². The van der Waals surface area contributed by atoms with Crippen molar-refractivity contribution in [3.05, 3.63) is 70.8 Å². The number of rotatable bonds is 7. The summed E-state index contributed by atoms with van der Waals surface area (Å²) >= 11 is 0. The van der Waals surface area contributed by atoms with E-state index in [2.05, 4.69) is 18.7 Å². The van der Waals surface area contributed by atoms with Crippen molar-refractivity contribution in [3.8, 4) is 5.75 Å². The molecule has 7 nitrogen and oxygen atoms in total. The first-order valence-electron chi connectivity index (χ1n) is 11.7. The summed E-state index contributed by atoms with van der Waals surface area (Å²) in [7, 11) is 1.57. The third-order valence-electron chi connectivity index (χ3n) is 6.58. The summed E-state index contributed by atoms with van der Waals surface area (Å²) in [5.74, 6) is -0.410. The quantitative estimate of drug-likeness (QED) is 0.383. The van der Waals surface area contributed by atoms with Crippen LogP contribution in [0.1, 0.15) is 42.5 Å². The van der Waals surface area contributed by atoms with Gasteiger partial charge in [-0.25, -0.2) is 0 Å². The van der Waals surface area contributed by atoms with Gasteiger partial charge in [-0.2, -0.15) is 0 Å². The van der Waals surface area contributed by atoms with Crippen LogP contribution in [0.4, 0.5) is 0 Å². The molecule has 2 aliphatic rings. The van der Waals surface area contributed by atoms with E-state index in [-0.39, 0.29) is 11.3 Å². The second kappa shape index (κ2) is 10.4. The number of methoxy groups -OCH3 is 1. The molecule has 2 saturated heterocycles. The molecule has 2 aromatic carbocycles. The van der Waals surface area contributed by atoms with Crippen molar-refractivity contribution < 1.29 is 24.2 Å². The zero-order chi connectivity index (χ0) is 24.2. The number of nitrogens with zero attached hydrogens (tertiary/aromatic N) is 2. The number of ether oxygens (including phenoxy) is 2. The molecule has 0 aromatic heterocycles. The van der Waals surface area contributed by atoms with Crippen LogP contribution in [-0.4, -0.2) is 73.1 Å². The lowest BCUT2D eigenvalue weighted by Crippen LogP contribution is -2.42. The Hall–Kier alpha value is -3.16. The molecule has 2 fully saturated rings. The lowest BCUT2D eigenvalue weighted by atomic mass is 9.93. The van der Waals surface area contributed by atoms with Crippen molar-refractivity contribution in [2.24, 2.45) is 0 Å². The van der Waals surface area contributed by atoms with Gasteiger partial charge in [0.2, 0.25) is 0 Å². The standard InChI is InChI=1S/C27H32N2O5/c1-18(2)19-4-6-20(7-5-19)24-23(25(30)21-8-10-22(33-3)11-9-21)26(31)27(32)29(24)13-12-28-14-16-34-17-15-28/h4-11,18,24,30H,12-17H2,1-3H3/b25-23+/t24-/m1/s1. The molecule has 0 bridgehead atoms. The van der Waals surface area contributed by atoms with Crippen LogP contribution < -0.4 is 4.74 Å². The Morgan fingerprint density at radius 1 is 1.03 bits per heavy atom. The number of carbonyl (C=O) groups is 2. The van der Waals surface area contributed by atoms with Crippen LogP contribution in [0.15, 0.2) is 54.1 Å². The van der Waals surface area contributed by atoms with Crippen molar-refractivity contribution in [2.75, 3.05) is 46.5 Å². The lowest BCUT2D eigenvalue weighted by molar-refractivity contribution is -0.140. The van der Waals surface area contributed by atoms with E-state index in [9.17, 15) is 14.7 Å². The smallest absolute Gasteiger partial charge is 0.295 e. The molecule has 0 radical (unpaired) electrons. The number of Topliss-reactive ketones (excluding diaryl/α,β-unsaturated/α-hetero) is 1. The normalized spacial score (nSPS) is 20.8. The molecule has 0 aliphatic carbocycles. The molecule has 34 heavy (non-hydrogen) atoms. The van der Waals surface area contributed by atoms with Gasteiger partial charge >= 0.3 is 0 Å². The van der Waals surface area contributed by atoms with E-state index < -0.39 is 17.7 Å². The number of aliphatic hydroxyl groups is 1. The third kappa shape index (κ3) is 4.86. The Morgan fingerprint density at radius 2 is 1.68 bits per heavy atom. The summed E-state index contributed by atoms with van der Waals surface area (Å²) in [6.45, 7) is 8.18. The van der Waals surface area contributed by atoms with Gasteiger partial charge in [-0.15, -0.1) is 0 Å². The van der Waals surface area contributed by atoms with Crippen LogP contribution in [0.3, 0.4) is 0 Å². The molecule has 0 saturated carbocycles. The van der Waals surface area contributed by atoms with E-state index in [0.29, 0.717) is 43.5 Å². The first kappa shape index (κ1) is 24.0. The second-order valence-electron chi connectivity index (χ2n) is 9.00. The summed E-state index contributed by atoms with van der Waals surface area (Å²) in [6.07, 6.45) is 0. The van der Waals surface area contributed by atoms with E-state index in [1.54, 1.807) is 36.3 Å². The minimum Gasteiger partial charge on any atom is -0.507 e. The van der Waals surface area contributed by atoms with Gasteiger partial charge in [0.05, 0.1) is 31.9 Å². The van der Waals surface area contributed by atoms with E-state index in [1.807, 2.05) is 24.3 Å². The van der Waals surface area contributed by atoms with Crippen LogP contribution in [0.25, 0.3) is 5.76 Å². The molecule has 2 heterocycles. The molecule has 180 valence electrons. The number of morpholine rings is 1. The molecule has 7 heteroatoms. The third-order valence-corrected chi connectivity index (χ3v) is 6.58. The Bertz CT molecular complexity index is 1050. The number of carbonyl (C=O) groups excluding carboxylic acids is 2. The highest BCUT2D eigenvalue weighted by Crippen LogP contribution is 2.39. The molecule has 2 aromatic rings. The molecule has 0 spiro atoms. The minimum absolute atomic E-state index is 0.120. The zero-order valence-corrected chi connectivity index (χ0v) is 20.0. The number of aliphatic hydroxyl groups excluding tert-OH is 1. The summed E-state index contributed by atoms with van der Waals surface area (Å²) < 4.78 is 10.6. The average molecular weight is 465 g/mol. The molecule has 1 atom stereocenters. The molecule has 0 unspecified atom stereocenters. The summed E-state index contributed by atoms with van der Waals surface area (Å²) in [5, 5.41) is 11.2. The van der Waals surface area contributed by atoms with Crippen LogP contribution in [-0.2, 0) is 14.3 Å². The Balaban J connectivity index is 1.72. The number of hydrogen-bond acceptors (Lipinski definition) is 6. The van der Waals surface area contributed by atoms with Crippen LogP contribution in [0, 0.1) is 0 Å². The lowest BCUT2D eigenvalue weighted by Gasteiger charge is -2.31. The first-order valence-corrected chi connectivity index (χ1v) is 11.7. The highest BCUT2D eigenvalue weighted by Gasteiger charge is 2.46. The average Bonchev–Trinajstić information content (AvgIpc) is 3.12. The van der Waals surface area contributed by atoms with Crippen LogP contribution in [0.5, 0.6) is 5.75 Å². The maximum absolute atomic E-state index is 13.2. The predicted molar refractivity (Wildman–Crippen MR) is 130 cm³/mol. The van der Waals surface area contributed by atoms with Crippen LogP contribution >= 0.6 is 0 Å². The summed E-state index contributed by atoms with van der Waals surface area (Å²) in [4.78, 5) is 30.2. The fourth-order valence-corrected chi connectivity index (χ4v) is 4.50. The molecule has 1 N–H and O–H groups in total. The number of hydrogen-bond donors (Lipinski definition) is 1. The van der Waals surface area contributed by atoms with Gasteiger partial charge < -0.3 is 19.5 Å². The van der Waals surface area contributed by atoms with Crippen molar-refractivity contribution in [1.82, 2.24) is 9.80 Å². The zero-order valence-electron chi connectivity index (χ0n) is 20.0. The number of benzene rings is 2. The summed E-state index contributed by atoms with van der Waals surface area (Å²) in [5.41, 5.74) is 2.56. The number of likely N-dealkylation sites (tertiary alicyclic amines) is 1. The SMILES string of the molecule is COc1ccc(/C(O)=C2\C(=O)C(=O)N(CCN3CCOCC3)[C@@H]2c2ccc(C(C)C)cc2)cc1. The fourth-order valence-electron chi connectivity index (χ4n) is 4.50. The molecule has 4 rings (SSSR count). The van der Waals surface area contributed by atoms with E-state index in [0.717, 1.165) is 18.7 Å². The first-order chi connectivity index (χ1) is 16.4. The van der Waals surface area contributed by atoms with E-state index in [4.69, 9.17) is 9.47 Å². The maximum Gasteiger partial charge on any atom is 0.295 e. The van der Waals surface area contributed by atoms with Crippen LogP contribution in [0.2, 0.25) is 0 Å². The van der Waals surface area contributed by atoms with Gasteiger partial charge in [-0.05, 0) is 41.3 Å². The van der Waals surface area contributed by atoms with Gasteiger partial charge in [0, 0.05) is 31.7 Å². The fraction of sp³-hybridized carbons (Fsp3) is 0.407. The Morgan fingerprint density at radius 3 is 2.26 bits per heavy atom. The topological polar surface area (TPSA) is 79.3 Å². The van der Waals surface area contributed by atoms with Gasteiger partial charge in [-0.1, -0.05) is 38.1 Å². The van der Waals surface area contributed by atoms with Crippen molar-refractivity contribution >= 4 is 17.4 Å². The van der Waals surface area contributed by atoms with E-state index >= 15 is 0 Å². The Kier molecular flexibility index (Phi) is 7.34.